The summed E-state index contributed by atoms with van der Waals surface area (Å²) in [5, 5.41) is 0.997. The predicted molar refractivity (Wildman–Crippen MR) is 80.5 cm³/mol. The second-order valence-corrected chi connectivity index (χ2v) is 5.69. The lowest BCUT2D eigenvalue weighted by Gasteiger charge is -2.09. The van der Waals surface area contributed by atoms with Crippen LogP contribution >= 0.6 is 35.4 Å². The number of amides is 1. The number of hydrogen-bond acceptors (Lipinski definition) is 3. The summed E-state index contributed by atoms with van der Waals surface area (Å²) in [4.78, 5) is 10.7. The number of fused-ring (bicyclic) bond motifs is 1. The van der Waals surface area contributed by atoms with Gasteiger partial charge in [0.15, 0.2) is 0 Å². The quantitative estimate of drug-likeness (QED) is 0.510. The van der Waals surface area contributed by atoms with Crippen molar-refractivity contribution in [1.29, 1.82) is 0 Å². The molecule has 0 bridgehead atoms. The maximum Gasteiger partial charge on any atom is 0.224 e. The fourth-order valence-electron chi connectivity index (χ4n) is 1.59. The number of hydrogen-bond donors (Lipinski definition) is 1. The van der Waals surface area contributed by atoms with Gasteiger partial charge in [0.1, 0.15) is 11.3 Å². The maximum atomic E-state index is 10.7. The molecule has 0 radical (unpaired) electrons. The molecular weight excluding hydrogens is 349 g/mol. The molecule has 0 spiro atoms. The highest BCUT2D eigenvalue weighted by Gasteiger charge is 2.12. The van der Waals surface area contributed by atoms with Crippen LogP contribution in [0.4, 0.5) is 5.69 Å². The molecule has 3 nitrogen and oxygen atoms in total. The summed E-state index contributed by atoms with van der Waals surface area (Å²) in [5.74, 6) is 1.30. The van der Waals surface area contributed by atoms with Crippen molar-refractivity contribution in [2.24, 2.45) is 0 Å². The molecule has 1 aromatic heterocycles. The Morgan fingerprint density at radius 3 is 2.71 bits per heavy atom. The normalized spacial score (nSPS) is 11.1. The molecular formula is C12H12INO2S. The van der Waals surface area contributed by atoms with E-state index in [-0.39, 0.29) is 0 Å². The Labute approximate surface area is 119 Å². The van der Waals surface area contributed by atoms with Crippen molar-refractivity contribution in [2.75, 3.05) is 4.31 Å². The predicted octanol–water partition coefficient (Wildman–Crippen LogP) is 3.97. The highest BCUT2D eigenvalue weighted by Crippen LogP contribution is 2.32. The van der Waals surface area contributed by atoms with E-state index in [1.54, 1.807) is 0 Å². The largest absolute Gasteiger partial charge is 0.460 e. The van der Waals surface area contributed by atoms with Gasteiger partial charge >= 0.3 is 0 Å². The number of nitrogens with zero attached hydrogens (tertiary/aromatic N) is 1. The molecule has 90 valence electrons. The zero-order valence-electron chi connectivity index (χ0n) is 9.48. The molecule has 0 saturated carbocycles. The molecule has 2 rings (SSSR count). The van der Waals surface area contributed by atoms with Gasteiger partial charge in [-0.05, 0) is 40.8 Å². The van der Waals surface area contributed by atoms with Crippen LogP contribution in [0.5, 0.6) is 0 Å². The van der Waals surface area contributed by atoms with Crippen LogP contribution in [0.3, 0.4) is 0 Å². The third-order valence-corrected chi connectivity index (χ3v) is 3.63. The lowest BCUT2D eigenvalue weighted by atomic mass is 10.1. The van der Waals surface area contributed by atoms with Gasteiger partial charge < -0.3 is 4.42 Å². The van der Waals surface area contributed by atoms with Gasteiger partial charge in [0.25, 0.3) is 0 Å². The average molecular weight is 361 g/mol. The van der Waals surface area contributed by atoms with Gasteiger partial charge in [-0.1, -0.05) is 26.7 Å². The molecule has 0 aliphatic heterocycles. The number of benzene rings is 1. The minimum Gasteiger partial charge on any atom is -0.460 e. The van der Waals surface area contributed by atoms with E-state index in [2.05, 4.69) is 49.3 Å². The first-order chi connectivity index (χ1) is 8.02. The number of carbonyl (C=O) groups excluding carboxylic acids is 1. The van der Waals surface area contributed by atoms with Crippen molar-refractivity contribution in [3.63, 3.8) is 0 Å². The van der Waals surface area contributed by atoms with E-state index in [4.69, 9.17) is 4.42 Å². The first-order valence-corrected chi connectivity index (χ1v) is 6.67. The molecule has 0 atom stereocenters. The number of furan rings is 1. The highest BCUT2D eigenvalue weighted by molar-refractivity contribution is 14.1. The van der Waals surface area contributed by atoms with E-state index in [0.29, 0.717) is 12.3 Å². The first-order valence-electron chi connectivity index (χ1n) is 5.19. The molecule has 2 aromatic rings. The van der Waals surface area contributed by atoms with Crippen LogP contribution in [0.2, 0.25) is 0 Å². The van der Waals surface area contributed by atoms with Crippen LogP contribution in [0, 0.1) is 3.57 Å². The summed E-state index contributed by atoms with van der Waals surface area (Å²) in [7, 11) is 0. The molecule has 0 N–H and O–H groups in total. The van der Waals surface area contributed by atoms with Gasteiger partial charge in [0, 0.05) is 11.3 Å². The number of rotatable bonds is 3. The van der Waals surface area contributed by atoms with Crippen LogP contribution in [0.1, 0.15) is 25.5 Å². The van der Waals surface area contributed by atoms with Crippen LogP contribution in [0.25, 0.3) is 11.0 Å². The number of anilines is 1. The summed E-state index contributed by atoms with van der Waals surface area (Å²) in [6.07, 6.45) is 0.670. The summed E-state index contributed by atoms with van der Waals surface area (Å²) in [5.41, 5.74) is 1.61. The summed E-state index contributed by atoms with van der Waals surface area (Å²) in [6, 6.07) is 5.78. The Morgan fingerprint density at radius 2 is 2.12 bits per heavy atom. The topological polar surface area (TPSA) is 33.5 Å². The van der Waals surface area contributed by atoms with E-state index in [1.165, 1.54) is 4.31 Å². The monoisotopic (exact) mass is 361 g/mol. The number of halogens is 1. The molecule has 0 fully saturated rings. The standard InChI is InChI=1S/C12H12INO2S/c1-7(2)11-4-8-3-9(14(17)6-15)5-10(13)12(8)16-11/h3-7,17H,1-2H3. The molecule has 0 saturated heterocycles. The smallest absolute Gasteiger partial charge is 0.224 e. The second-order valence-electron chi connectivity index (χ2n) is 4.10. The molecule has 5 heteroatoms. The highest BCUT2D eigenvalue weighted by atomic mass is 127. The van der Waals surface area contributed by atoms with Crippen LogP contribution < -0.4 is 4.31 Å². The Kier molecular flexibility index (Phi) is 3.67. The van der Waals surface area contributed by atoms with Crippen molar-refractivity contribution < 1.29 is 9.21 Å². The molecule has 0 aliphatic rings. The average Bonchev–Trinajstić information content (AvgIpc) is 2.72. The molecule has 1 aromatic carbocycles. The van der Waals surface area contributed by atoms with Crippen molar-refractivity contribution in [3.05, 3.63) is 27.5 Å². The minimum atomic E-state index is 0.347. The van der Waals surface area contributed by atoms with E-state index in [0.717, 1.165) is 26.0 Å². The Balaban J connectivity index is 2.60. The fourth-order valence-corrected chi connectivity index (χ4v) is 2.45. The summed E-state index contributed by atoms with van der Waals surface area (Å²) in [6.45, 7) is 4.17. The summed E-state index contributed by atoms with van der Waals surface area (Å²) < 4.78 is 8.02. The molecule has 1 heterocycles. The maximum absolute atomic E-state index is 10.7. The fraction of sp³-hybridized carbons (Fsp3) is 0.250. The van der Waals surface area contributed by atoms with Crippen molar-refractivity contribution in [1.82, 2.24) is 0 Å². The van der Waals surface area contributed by atoms with Crippen molar-refractivity contribution in [3.8, 4) is 0 Å². The molecule has 17 heavy (non-hydrogen) atoms. The van der Waals surface area contributed by atoms with Crippen molar-refractivity contribution >= 4 is 58.5 Å². The van der Waals surface area contributed by atoms with Crippen molar-refractivity contribution in [2.45, 2.75) is 19.8 Å². The number of carbonyl (C=O) groups is 1. The van der Waals surface area contributed by atoms with Gasteiger partial charge in [-0.25, -0.2) is 0 Å². The molecule has 1 amide bonds. The summed E-state index contributed by atoms with van der Waals surface area (Å²) >= 11 is 6.27. The van der Waals surface area contributed by atoms with E-state index >= 15 is 0 Å². The van der Waals surface area contributed by atoms with Gasteiger partial charge in [-0.15, -0.1) is 0 Å². The zero-order valence-corrected chi connectivity index (χ0v) is 12.5. The Morgan fingerprint density at radius 1 is 1.41 bits per heavy atom. The second kappa shape index (κ2) is 4.89. The van der Waals surface area contributed by atoms with Gasteiger partial charge in [0.2, 0.25) is 6.41 Å². The lowest BCUT2D eigenvalue weighted by Crippen LogP contribution is -2.06. The van der Waals surface area contributed by atoms with Gasteiger partial charge in [-0.2, -0.15) is 0 Å². The SMILES string of the molecule is CC(C)c1cc2cc(N(S)C=O)cc(I)c2o1. The first kappa shape index (κ1) is 12.8. The minimum absolute atomic E-state index is 0.347. The third kappa shape index (κ3) is 2.44. The molecule has 0 aliphatic carbocycles. The lowest BCUT2D eigenvalue weighted by molar-refractivity contribution is -0.106. The van der Waals surface area contributed by atoms with Crippen LogP contribution in [-0.4, -0.2) is 6.41 Å². The van der Waals surface area contributed by atoms with Gasteiger partial charge in [-0.3, -0.25) is 9.10 Å². The van der Waals surface area contributed by atoms with Crippen LogP contribution in [-0.2, 0) is 4.79 Å². The van der Waals surface area contributed by atoms with E-state index in [9.17, 15) is 4.79 Å². The molecule has 0 unspecified atom stereocenters. The van der Waals surface area contributed by atoms with E-state index in [1.807, 2.05) is 18.2 Å². The number of thiol groups is 1. The Hall–Kier alpha value is -0.690. The van der Waals surface area contributed by atoms with Crippen LogP contribution in [0.15, 0.2) is 22.6 Å². The van der Waals surface area contributed by atoms with E-state index < -0.39 is 0 Å². The zero-order chi connectivity index (χ0) is 12.6. The van der Waals surface area contributed by atoms with Gasteiger partial charge in [0.05, 0.1) is 9.26 Å². The third-order valence-electron chi connectivity index (χ3n) is 2.51. The Bertz CT molecular complexity index is 565.